The van der Waals surface area contributed by atoms with Gasteiger partial charge in [-0.1, -0.05) is 28.1 Å². The van der Waals surface area contributed by atoms with Crippen LogP contribution in [-0.2, 0) is 9.53 Å². The van der Waals surface area contributed by atoms with Crippen molar-refractivity contribution in [2.24, 2.45) is 0 Å². The van der Waals surface area contributed by atoms with Crippen molar-refractivity contribution in [2.75, 3.05) is 26.9 Å². The molecule has 2 aromatic carbocycles. The van der Waals surface area contributed by atoms with Gasteiger partial charge >= 0.3 is 5.97 Å². The van der Waals surface area contributed by atoms with Gasteiger partial charge in [0.2, 0.25) is 0 Å². The van der Waals surface area contributed by atoms with Crippen LogP contribution in [0.25, 0.3) is 0 Å². The minimum absolute atomic E-state index is 0.153. The van der Waals surface area contributed by atoms with Gasteiger partial charge in [0, 0.05) is 4.47 Å². The number of hydrogen-bond acceptors (Lipinski definition) is 5. The Morgan fingerprint density at radius 3 is 2.62 bits per heavy atom. The number of rotatable bonds is 8. The molecule has 0 saturated carbocycles. The fourth-order valence-corrected chi connectivity index (χ4v) is 2.32. The van der Waals surface area contributed by atoms with Crippen molar-refractivity contribution in [2.45, 2.75) is 6.92 Å². The zero-order chi connectivity index (χ0) is 17.4. The fourth-order valence-electron chi connectivity index (χ4n) is 1.94. The van der Waals surface area contributed by atoms with Gasteiger partial charge in [-0.2, -0.15) is 0 Å². The summed E-state index contributed by atoms with van der Waals surface area (Å²) in [5.41, 5.74) is 1.05. The molecule has 0 aliphatic heterocycles. The highest BCUT2D eigenvalue weighted by molar-refractivity contribution is 9.10. The number of esters is 1. The van der Waals surface area contributed by atoms with E-state index in [0.717, 1.165) is 10.0 Å². The number of carbonyl (C=O) groups excluding carboxylic acids is 1. The molecular formula is C18H19BrO5. The summed E-state index contributed by atoms with van der Waals surface area (Å²) in [6.45, 7) is 2.19. The van der Waals surface area contributed by atoms with Crippen LogP contribution in [0.15, 0.2) is 46.9 Å². The molecule has 0 amide bonds. The summed E-state index contributed by atoms with van der Waals surface area (Å²) in [5.74, 6) is 1.34. The van der Waals surface area contributed by atoms with Crippen molar-refractivity contribution >= 4 is 21.9 Å². The lowest BCUT2D eigenvalue weighted by molar-refractivity contribution is -0.146. The van der Waals surface area contributed by atoms with Crippen molar-refractivity contribution in [3.63, 3.8) is 0 Å². The summed E-state index contributed by atoms with van der Waals surface area (Å²) >= 11 is 3.36. The minimum atomic E-state index is -0.463. The van der Waals surface area contributed by atoms with Crippen LogP contribution in [0.5, 0.6) is 17.2 Å². The third-order valence-electron chi connectivity index (χ3n) is 3.08. The molecule has 0 aromatic heterocycles. The van der Waals surface area contributed by atoms with E-state index in [-0.39, 0.29) is 19.8 Å². The third-order valence-corrected chi connectivity index (χ3v) is 3.57. The molecule has 0 saturated heterocycles. The van der Waals surface area contributed by atoms with Crippen LogP contribution in [0, 0.1) is 6.92 Å². The van der Waals surface area contributed by atoms with Crippen LogP contribution in [0.3, 0.4) is 0 Å². The lowest BCUT2D eigenvalue weighted by atomic mass is 10.2. The molecule has 0 spiro atoms. The van der Waals surface area contributed by atoms with Crippen molar-refractivity contribution in [1.29, 1.82) is 0 Å². The molecule has 0 atom stereocenters. The van der Waals surface area contributed by atoms with Crippen LogP contribution in [-0.4, -0.2) is 32.9 Å². The molecule has 0 radical (unpaired) electrons. The first kappa shape index (κ1) is 18.1. The van der Waals surface area contributed by atoms with Gasteiger partial charge < -0.3 is 18.9 Å². The Bertz CT molecular complexity index is 687. The second-order valence-corrected chi connectivity index (χ2v) is 5.88. The SMILES string of the molecule is COc1cc(C)ccc1OCC(=O)OCCOc1cccc(Br)c1. The average Bonchev–Trinajstić information content (AvgIpc) is 2.57. The summed E-state index contributed by atoms with van der Waals surface area (Å²) in [4.78, 5) is 11.7. The number of methoxy groups -OCH3 is 1. The van der Waals surface area contributed by atoms with Gasteiger partial charge in [0.05, 0.1) is 7.11 Å². The molecule has 5 nitrogen and oxygen atoms in total. The highest BCUT2D eigenvalue weighted by Gasteiger charge is 2.09. The maximum absolute atomic E-state index is 11.7. The van der Waals surface area contributed by atoms with Crippen molar-refractivity contribution in [3.05, 3.63) is 52.5 Å². The highest BCUT2D eigenvalue weighted by atomic mass is 79.9. The molecule has 24 heavy (non-hydrogen) atoms. The van der Waals surface area contributed by atoms with E-state index in [0.29, 0.717) is 17.2 Å². The molecule has 0 aliphatic rings. The number of hydrogen-bond donors (Lipinski definition) is 0. The molecule has 0 fully saturated rings. The van der Waals surface area contributed by atoms with Gasteiger partial charge in [-0.05, 0) is 42.8 Å². The van der Waals surface area contributed by atoms with Gasteiger partial charge in [-0.3, -0.25) is 0 Å². The molecule has 2 aromatic rings. The zero-order valence-corrected chi connectivity index (χ0v) is 15.2. The van der Waals surface area contributed by atoms with E-state index >= 15 is 0 Å². The molecule has 128 valence electrons. The number of carbonyl (C=O) groups is 1. The minimum Gasteiger partial charge on any atom is -0.493 e. The van der Waals surface area contributed by atoms with Crippen LogP contribution in [0.2, 0.25) is 0 Å². The van der Waals surface area contributed by atoms with E-state index in [1.807, 2.05) is 43.3 Å². The summed E-state index contributed by atoms with van der Waals surface area (Å²) in [7, 11) is 1.55. The Labute approximate surface area is 149 Å². The van der Waals surface area contributed by atoms with Gasteiger partial charge in [-0.15, -0.1) is 0 Å². The van der Waals surface area contributed by atoms with Crippen molar-refractivity contribution < 1.29 is 23.7 Å². The van der Waals surface area contributed by atoms with E-state index in [1.54, 1.807) is 13.2 Å². The first-order valence-corrected chi connectivity index (χ1v) is 8.19. The van der Waals surface area contributed by atoms with Gasteiger partial charge in [0.1, 0.15) is 19.0 Å². The van der Waals surface area contributed by atoms with Crippen molar-refractivity contribution in [3.8, 4) is 17.2 Å². The summed E-state index contributed by atoms with van der Waals surface area (Å²) in [6, 6.07) is 12.9. The molecular weight excluding hydrogens is 376 g/mol. The second-order valence-electron chi connectivity index (χ2n) is 4.97. The maximum atomic E-state index is 11.7. The van der Waals surface area contributed by atoms with Gasteiger partial charge in [-0.25, -0.2) is 4.79 Å². The first-order chi connectivity index (χ1) is 11.6. The molecule has 0 N–H and O–H groups in total. The van der Waals surface area contributed by atoms with Gasteiger partial charge in [0.15, 0.2) is 18.1 Å². The normalized spacial score (nSPS) is 10.1. The molecule has 0 bridgehead atoms. The summed E-state index contributed by atoms with van der Waals surface area (Å²) < 4.78 is 22.1. The Kier molecular flexibility index (Phi) is 6.93. The van der Waals surface area contributed by atoms with Crippen molar-refractivity contribution in [1.82, 2.24) is 0 Å². The quantitative estimate of drug-likeness (QED) is 0.503. The third kappa shape index (κ3) is 5.77. The smallest absolute Gasteiger partial charge is 0.344 e. The molecule has 6 heteroatoms. The average molecular weight is 395 g/mol. The van der Waals surface area contributed by atoms with E-state index < -0.39 is 5.97 Å². The molecule has 0 heterocycles. The topological polar surface area (TPSA) is 54.0 Å². The van der Waals surface area contributed by atoms with E-state index in [9.17, 15) is 4.79 Å². The monoisotopic (exact) mass is 394 g/mol. The fraction of sp³-hybridized carbons (Fsp3) is 0.278. The summed E-state index contributed by atoms with van der Waals surface area (Å²) in [5, 5.41) is 0. The Balaban J connectivity index is 1.70. The van der Waals surface area contributed by atoms with Crippen LogP contribution >= 0.6 is 15.9 Å². The number of ether oxygens (including phenoxy) is 4. The lowest BCUT2D eigenvalue weighted by Gasteiger charge is -2.11. The van der Waals surface area contributed by atoms with Crippen LogP contribution < -0.4 is 14.2 Å². The van der Waals surface area contributed by atoms with E-state index in [1.165, 1.54) is 0 Å². The first-order valence-electron chi connectivity index (χ1n) is 7.40. The number of benzene rings is 2. The number of aryl methyl sites for hydroxylation is 1. The molecule has 0 aliphatic carbocycles. The van der Waals surface area contributed by atoms with Crippen LogP contribution in [0.1, 0.15) is 5.56 Å². The largest absolute Gasteiger partial charge is 0.493 e. The lowest BCUT2D eigenvalue weighted by Crippen LogP contribution is -2.18. The molecule has 0 unspecified atom stereocenters. The van der Waals surface area contributed by atoms with Gasteiger partial charge in [0.25, 0.3) is 0 Å². The predicted octanol–water partition coefficient (Wildman–Crippen LogP) is 3.77. The maximum Gasteiger partial charge on any atom is 0.344 e. The predicted molar refractivity (Wildman–Crippen MR) is 93.8 cm³/mol. The van der Waals surface area contributed by atoms with E-state index in [2.05, 4.69) is 15.9 Å². The Morgan fingerprint density at radius 1 is 1.04 bits per heavy atom. The van der Waals surface area contributed by atoms with E-state index in [4.69, 9.17) is 18.9 Å². The standard InChI is InChI=1S/C18H19BrO5/c1-13-6-7-16(17(10-13)21-2)24-12-18(20)23-9-8-22-15-5-3-4-14(19)11-15/h3-7,10-11H,8-9,12H2,1-2H3. The molecule has 2 rings (SSSR count). The Hall–Kier alpha value is -2.21. The number of halogens is 1. The zero-order valence-electron chi connectivity index (χ0n) is 13.6. The Morgan fingerprint density at radius 2 is 1.88 bits per heavy atom. The summed E-state index contributed by atoms with van der Waals surface area (Å²) in [6.07, 6.45) is 0. The highest BCUT2D eigenvalue weighted by Crippen LogP contribution is 2.27. The van der Waals surface area contributed by atoms with Crippen LogP contribution in [0.4, 0.5) is 0 Å². The second kappa shape index (κ2) is 9.17.